The predicted molar refractivity (Wildman–Crippen MR) is 103 cm³/mol. The van der Waals surface area contributed by atoms with Crippen molar-refractivity contribution < 1.29 is 18.1 Å². The summed E-state index contributed by atoms with van der Waals surface area (Å²) in [6, 6.07) is 10.4. The zero-order chi connectivity index (χ0) is 20.4. The normalized spacial score (nSPS) is 11.3. The zero-order valence-corrected chi connectivity index (χ0v) is 16.1. The van der Waals surface area contributed by atoms with Crippen LogP contribution in [-0.4, -0.2) is 44.7 Å². The molecule has 0 atom stereocenters. The average Bonchev–Trinajstić information content (AvgIpc) is 2.62. The summed E-state index contributed by atoms with van der Waals surface area (Å²) < 4.78 is 26.4. The van der Waals surface area contributed by atoms with Gasteiger partial charge in [0.25, 0.3) is 11.6 Å². The number of amides is 1. The van der Waals surface area contributed by atoms with Crippen LogP contribution in [0.1, 0.15) is 15.9 Å². The Bertz CT molecular complexity index is 971. The van der Waals surface area contributed by atoms with Gasteiger partial charge < -0.3 is 5.32 Å². The minimum absolute atomic E-state index is 0.0846. The molecular formula is C17H20N4O5S. The summed E-state index contributed by atoms with van der Waals surface area (Å²) in [5.74, 6) is -0.455. The third-order valence-corrected chi connectivity index (χ3v) is 5.88. The Morgan fingerprint density at radius 3 is 2.19 bits per heavy atom. The van der Waals surface area contributed by atoms with Crippen LogP contribution in [0.4, 0.5) is 17.1 Å². The van der Waals surface area contributed by atoms with E-state index in [1.54, 1.807) is 13.0 Å². The lowest BCUT2D eigenvalue weighted by Gasteiger charge is -2.23. The van der Waals surface area contributed by atoms with Gasteiger partial charge in [-0.1, -0.05) is 6.07 Å². The van der Waals surface area contributed by atoms with Crippen molar-refractivity contribution in [3.05, 3.63) is 63.7 Å². The van der Waals surface area contributed by atoms with Crippen LogP contribution >= 0.6 is 0 Å². The summed E-state index contributed by atoms with van der Waals surface area (Å²) >= 11 is 0. The third kappa shape index (κ3) is 4.23. The summed E-state index contributed by atoms with van der Waals surface area (Å²) in [4.78, 5) is 22.9. The Labute approximate surface area is 157 Å². The molecule has 1 amide bonds. The van der Waals surface area contributed by atoms with Gasteiger partial charge in [-0.05, 0) is 37.3 Å². The molecule has 0 radical (unpaired) electrons. The second-order valence-electron chi connectivity index (χ2n) is 5.97. The van der Waals surface area contributed by atoms with Gasteiger partial charge in [-0.3, -0.25) is 19.2 Å². The molecule has 0 saturated heterocycles. The number of anilines is 2. The van der Waals surface area contributed by atoms with Crippen molar-refractivity contribution in [1.82, 2.24) is 4.31 Å². The Morgan fingerprint density at radius 2 is 1.67 bits per heavy atom. The van der Waals surface area contributed by atoms with E-state index in [4.69, 9.17) is 0 Å². The van der Waals surface area contributed by atoms with E-state index in [0.29, 0.717) is 22.5 Å². The van der Waals surface area contributed by atoms with Crippen LogP contribution in [0.5, 0.6) is 0 Å². The number of nitrogens with zero attached hydrogens (tertiary/aromatic N) is 3. The van der Waals surface area contributed by atoms with E-state index < -0.39 is 21.0 Å². The maximum atomic E-state index is 12.4. The van der Waals surface area contributed by atoms with Crippen molar-refractivity contribution in [3.63, 3.8) is 0 Å². The highest BCUT2D eigenvalue weighted by Crippen LogP contribution is 2.26. The minimum Gasteiger partial charge on any atom is -0.321 e. The van der Waals surface area contributed by atoms with Gasteiger partial charge in [0.15, 0.2) is 0 Å². The van der Waals surface area contributed by atoms with Crippen molar-refractivity contribution in [2.45, 2.75) is 6.92 Å². The molecule has 0 aliphatic carbocycles. The molecule has 0 aromatic heterocycles. The number of rotatable bonds is 6. The summed E-state index contributed by atoms with van der Waals surface area (Å²) in [6.45, 7) is 1.55. The van der Waals surface area contributed by atoms with E-state index in [9.17, 15) is 23.3 Å². The van der Waals surface area contributed by atoms with E-state index in [1.165, 1.54) is 57.5 Å². The molecule has 2 rings (SSSR count). The monoisotopic (exact) mass is 392 g/mol. The highest BCUT2D eigenvalue weighted by Gasteiger charge is 2.21. The molecule has 0 saturated carbocycles. The third-order valence-electron chi connectivity index (χ3n) is 4.05. The lowest BCUT2D eigenvalue weighted by molar-refractivity contribution is -0.385. The smallest absolute Gasteiger partial charge is 0.303 e. The van der Waals surface area contributed by atoms with Crippen LogP contribution in [0.25, 0.3) is 0 Å². The molecule has 2 aromatic carbocycles. The highest BCUT2D eigenvalue weighted by atomic mass is 32.2. The molecule has 0 heterocycles. The molecule has 0 bridgehead atoms. The van der Waals surface area contributed by atoms with Crippen molar-refractivity contribution >= 4 is 33.2 Å². The van der Waals surface area contributed by atoms with Gasteiger partial charge in [0.05, 0.1) is 21.9 Å². The average molecular weight is 392 g/mol. The maximum Gasteiger partial charge on any atom is 0.303 e. The number of benzene rings is 2. The number of nitro groups is 1. The molecule has 0 aliphatic rings. The van der Waals surface area contributed by atoms with Crippen molar-refractivity contribution in [2.24, 2.45) is 0 Å². The van der Waals surface area contributed by atoms with Gasteiger partial charge in [0.2, 0.25) is 0 Å². The van der Waals surface area contributed by atoms with Crippen molar-refractivity contribution in [1.29, 1.82) is 0 Å². The fraction of sp³-hybridized carbons (Fsp3) is 0.235. The highest BCUT2D eigenvalue weighted by molar-refractivity contribution is 7.90. The molecule has 0 fully saturated rings. The largest absolute Gasteiger partial charge is 0.321 e. The summed E-state index contributed by atoms with van der Waals surface area (Å²) in [6.07, 6.45) is 0. The number of carbonyl (C=O) groups excluding carboxylic acids is 1. The fourth-order valence-electron chi connectivity index (χ4n) is 2.35. The fourth-order valence-corrected chi connectivity index (χ4v) is 3.23. The first-order valence-corrected chi connectivity index (χ1v) is 9.27. The second kappa shape index (κ2) is 7.72. The Morgan fingerprint density at radius 1 is 1.07 bits per heavy atom. The first kappa shape index (κ1) is 20.3. The zero-order valence-electron chi connectivity index (χ0n) is 15.3. The Balaban J connectivity index is 2.22. The Hall–Kier alpha value is -2.98. The quantitative estimate of drug-likeness (QED) is 0.599. The molecule has 9 nitrogen and oxygen atoms in total. The number of hydrogen-bond donors (Lipinski definition) is 1. The molecular weight excluding hydrogens is 372 g/mol. The number of hydrogen-bond acceptors (Lipinski definition) is 5. The molecule has 0 aliphatic heterocycles. The van der Waals surface area contributed by atoms with Crippen LogP contribution in [0.3, 0.4) is 0 Å². The Kier molecular flexibility index (Phi) is 5.82. The molecule has 27 heavy (non-hydrogen) atoms. The summed E-state index contributed by atoms with van der Waals surface area (Å²) in [7, 11) is 0.637. The summed E-state index contributed by atoms with van der Waals surface area (Å²) in [5, 5.41) is 13.6. The summed E-state index contributed by atoms with van der Waals surface area (Å²) in [5.41, 5.74) is 1.29. The van der Waals surface area contributed by atoms with Gasteiger partial charge in [-0.2, -0.15) is 12.7 Å². The van der Waals surface area contributed by atoms with Crippen LogP contribution in [-0.2, 0) is 10.2 Å². The number of carbonyl (C=O) groups is 1. The maximum absolute atomic E-state index is 12.4. The van der Waals surface area contributed by atoms with E-state index in [0.717, 1.165) is 8.61 Å². The molecule has 1 N–H and O–H groups in total. The van der Waals surface area contributed by atoms with Crippen LogP contribution in [0.15, 0.2) is 42.5 Å². The first-order valence-electron chi connectivity index (χ1n) is 7.87. The minimum atomic E-state index is -3.63. The number of nitro benzene ring substituents is 1. The van der Waals surface area contributed by atoms with E-state index in [1.807, 2.05) is 0 Å². The van der Waals surface area contributed by atoms with Gasteiger partial charge in [-0.15, -0.1) is 0 Å². The SMILES string of the molecule is Cc1c(NC(=O)c2ccc(N(C)S(=O)(=O)N(C)C)cc2)cccc1[N+](=O)[O-]. The van der Waals surface area contributed by atoms with E-state index >= 15 is 0 Å². The standard InChI is InChI=1S/C17H20N4O5S/c1-12-15(6-5-7-16(12)21(23)24)18-17(22)13-8-10-14(11-9-13)20(4)27(25,26)19(2)3/h5-11H,1-4H3,(H,18,22). The van der Waals surface area contributed by atoms with E-state index in [2.05, 4.69) is 5.32 Å². The van der Waals surface area contributed by atoms with Crippen molar-refractivity contribution in [3.8, 4) is 0 Å². The lowest BCUT2D eigenvalue weighted by Crippen LogP contribution is -2.37. The molecule has 10 heteroatoms. The van der Waals surface area contributed by atoms with Gasteiger partial charge in [0, 0.05) is 32.8 Å². The molecule has 0 unspecified atom stereocenters. The van der Waals surface area contributed by atoms with E-state index in [-0.39, 0.29) is 5.69 Å². The second-order valence-corrected chi connectivity index (χ2v) is 8.14. The predicted octanol–water partition coefficient (Wildman–Crippen LogP) is 2.40. The molecule has 144 valence electrons. The van der Waals surface area contributed by atoms with Crippen LogP contribution < -0.4 is 9.62 Å². The van der Waals surface area contributed by atoms with Crippen molar-refractivity contribution in [2.75, 3.05) is 30.8 Å². The number of nitrogens with one attached hydrogen (secondary N) is 1. The first-order chi connectivity index (χ1) is 12.6. The van der Waals surface area contributed by atoms with Crippen LogP contribution in [0, 0.1) is 17.0 Å². The molecule has 0 spiro atoms. The van der Waals surface area contributed by atoms with Gasteiger partial charge in [-0.25, -0.2) is 0 Å². The van der Waals surface area contributed by atoms with Gasteiger partial charge in [0.1, 0.15) is 0 Å². The lowest BCUT2D eigenvalue weighted by atomic mass is 10.1. The topological polar surface area (TPSA) is 113 Å². The van der Waals surface area contributed by atoms with Crippen LogP contribution in [0.2, 0.25) is 0 Å². The molecule has 2 aromatic rings. The van der Waals surface area contributed by atoms with Gasteiger partial charge >= 0.3 is 10.2 Å².